The maximum absolute atomic E-state index is 9.69. The van der Waals surface area contributed by atoms with Gasteiger partial charge in [0.25, 0.3) is 0 Å². The third-order valence-corrected chi connectivity index (χ3v) is 1.70. The molecule has 1 aromatic heterocycles. The highest BCUT2D eigenvalue weighted by atomic mass is 32.1. The van der Waals surface area contributed by atoms with Crippen molar-refractivity contribution in [2.45, 2.75) is 0 Å². The average molecular weight is 137 g/mol. The van der Waals surface area contributed by atoms with Crippen molar-refractivity contribution in [3.8, 4) is 0 Å². The maximum Gasteiger partial charge on any atom is 0.225 e. The molecule has 0 atom stereocenters. The minimum absolute atomic E-state index is 1.08. The fourth-order valence-electron chi connectivity index (χ4n) is 0.502. The summed E-state index contributed by atoms with van der Waals surface area (Å²) in [5.41, 5.74) is 0. The first kappa shape index (κ1) is 6.23. The topological polar surface area (TPSA) is 17.1 Å². The van der Waals surface area contributed by atoms with Crippen LogP contribution in [0.4, 0.5) is 0 Å². The Balaban J connectivity index is 2.67. The number of hydrogen-bond donors (Lipinski definition) is 0. The predicted molar refractivity (Wildman–Crippen MR) is 39.0 cm³/mol. The van der Waals surface area contributed by atoms with Gasteiger partial charge in [-0.05, 0) is 23.6 Å². The van der Waals surface area contributed by atoms with E-state index in [1.54, 1.807) is 23.7 Å². The lowest BCUT2D eigenvalue weighted by Crippen LogP contribution is -1.57. The van der Waals surface area contributed by atoms with Crippen LogP contribution in [0.25, 0.3) is 6.08 Å². The molecule has 0 aliphatic carbocycles. The number of thiophene rings is 1. The fourth-order valence-corrected chi connectivity index (χ4v) is 1.12. The van der Waals surface area contributed by atoms with Crippen molar-refractivity contribution < 1.29 is 4.79 Å². The molecule has 0 spiro atoms. The second kappa shape index (κ2) is 3.20. The molecule has 0 unspecified atom stereocenters. The Hall–Kier alpha value is -0.890. The molecule has 9 heavy (non-hydrogen) atoms. The first-order chi connectivity index (χ1) is 4.43. The molecule has 0 fully saturated rings. The monoisotopic (exact) mass is 137 g/mol. The maximum atomic E-state index is 9.69. The summed E-state index contributed by atoms with van der Waals surface area (Å²) in [6.45, 7) is 0. The van der Waals surface area contributed by atoms with Crippen LogP contribution < -0.4 is 0 Å². The van der Waals surface area contributed by atoms with Gasteiger partial charge in [0, 0.05) is 4.88 Å². The van der Waals surface area contributed by atoms with E-state index in [1.165, 1.54) is 6.08 Å². The molecule has 2 heteroatoms. The first-order valence-corrected chi connectivity index (χ1v) is 3.39. The number of rotatable bonds is 2. The van der Waals surface area contributed by atoms with Gasteiger partial charge in [0.05, 0.1) is 0 Å². The SMILES string of the molecule is O=[C]C=Cc1cccs1. The molecule has 1 radical (unpaired) electrons. The normalized spacial score (nSPS) is 10.2. The largest absolute Gasteiger partial charge is 0.286 e. The summed E-state index contributed by atoms with van der Waals surface area (Å²) < 4.78 is 0. The van der Waals surface area contributed by atoms with Gasteiger partial charge < -0.3 is 0 Å². The smallest absolute Gasteiger partial charge is 0.225 e. The molecule has 1 aromatic rings. The van der Waals surface area contributed by atoms with Crippen molar-refractivity contribution in [1.82, 2.24) is 0 Å². The molecule has 0 saturated carbocycles. The quantitative estimate of drug-likeness (QED) is 0.569. The van der Waals surface area contributed by atoms with Crippen LogP contribution in [-0.4, -0.2) is 6.29 Å². The standard InChI is InChI=1S/C7H5OS/c8-5-1-3-7-4-2-6-9-7/h1-4,6H. The molecule has 1 nitrogen and oxygen atoms in total. The van der Waals surface area contributed by atoms with E-state index in [0.717, 1.165) is 4.88 Å². The number of carbonyl (C=O) groups excluding carboxylic acids is 1. The Kier molecular flexibility index (Phi) is 2.22. The molecule has 45 valence electrons. The molecule has 0 N–H and O–H groups in total. The lowest BCUT2D eigenvalue weighted by atomic mass is 10.4. The third-order valence-electron chi connectivity index (χ3n) is 0.859. The molecule has 0 aliphatic rings. The number of hydrogen-bond acceptors (Lipinski definition) is 2. The molecule has 1 rings (SSSR count). The van der Waals surface area contributed by atoms with E-state index in [4.69, 9.17) is 0 Å². The Morgan fingerprint density at radius 2 is 2.56 bits per heavy atom. The van der Waals surface area contributed by atoms with E-state index in [0.29, 0.717) is 0 Å². The van der Waals surface area contributed by atoms with Gasteiger partial charge >= 0.3 is 0 Å². The summed E-state index contributed by atoms with van der Waals surface area (Å²) in [6.07, 6.45) is 4.78. The van der Waals surface area contributed by atoms with Crippen molar-refractivity contribution in [1.29, 1.82) is 0 Å². The minimum Gasteiger partial charge on any atom is -0.286 e. The Morgan fingerprint density at radius 1 is 1.67 bits per heavy atom. The molecular weight excluding hydrogens is 132 g/mol. The van der Waals surface area contributed by atoms with Gasteiger partial charge in [0.15, 0.2) is 0 Å². The highest BCUT2D eigenvalue weighted by Crippen LogP contribution is 2.09. The predicted octanol–water partition coefficient (Wildman–Crippen LogP) is 1.87. The van der Waals surface area contributed by atoms with Crippen LogP contribution in [0, 0.1) is 0 Å². The van der Waals surface area contributed by atoms with Crippen molar-refractivity contribution in [3.63, 3.8) is 0 Å². The second-order valence-electron chi connectivity index (χ2n) is 1.47. The Morgan fingerprint density at radius 3 is 3.11 bits per heavy atom. The van der Waals surface area contributed by atoms with Crippen LogP contribution in [0.15, 0.2) is 23.6 Å². The molecular formula is C7H5OS. The van der Waals surface area contributed by atoms with Crippen LogP contribution >= 0.6 is 11.3 Å². The van der Waals surface area contributed by atoms with Gasteiger partial charge in [-0.25, -0.2) is 0 Å². The van der Waals surface area contributed by atoms with E-state index in [9.17, 15) is 4.79 Å². The summed E-state index contributed by atoms with van der Waals surface area (Å²) in [5.74, 6) is 0. The van der Waals surface area contributed by atoms with Gasteiger partial charge in [-0.15, -0.1) is 11.3 Å². The van der Waals surface area contributed by atoms with E-state index in [2.05, 4.69) is 0 Å². The van der Waals surface area contributed by atoms with Gasteiger partial charge in [-0.2, -0.15) is 0 Å². The van der Waals surface area contributed by atoms with E-state index >= 15 is 0 Å². The van der Waals surface area contributed by atoms with Gasteiger partial charge in [-0.3, -0.25) is 4.79 Å². The summed E-state index contributed by atoms with van der Waals surface area (Å²) in [5, 5.41) is 1.96. The van der Waals surface area contributed by atoms with E-state index in [1.807, 2.05) is 17.5 Å². The van der Waals surface area contributed by atoms with E-state index < -0.39 is 0 Å². The minimum atomic E-state index is 1.08. The zero-order chi connectivity index (χ0) is 6.53. The molecule has 0 bridgehead atoms. The second-order valence-corrected chi connectivity index (χ2v) is 2.45. The van der Waals surface area contributed by atoms with Crippen molar-refractivity contribution in [2.75, 3.05) is 0 Å². The fraction of sp³-hybridized carbons (Fsp3) is 0. The molecule has 1 heterocycles. The lowest BCUT2D eigenvalue weighted by Gasteiger charge is -1.74. The summed E-state index contributed by atoms with van der Waals surface area (Å²) in [7, 11) is 0. The van der Waals surface area contributed by atoms with Crippen molar-refractivity contribution in [2.24, 2.45) is 0 Å². The van der Waals surface area contributed by atoms with Gasteiger partial charge in [-0.1, -0.05) is 6.07 Å². The zero-order valence-corrected chi connectivity index (χ0v) is 5.52. The third kappa shape index (κ3) is 1.82. The highest BCUT2D eigenvalue weighted by Gasteiger charge is 1.82. The van der Waals surface area contributed by atoms with Crippen LogP contribution in [0.2, 0.25) is 0 Å². The van der Waals surface area contributed by atoms with Crippen molar-refractivity contribution in [3.05, 3.63) is 28.5 Å². The van der Waals surface area contributed by atoms with Gasteiger partial charge in [0.1, 0.15) is 0 Å². The first-order valence-electron chi connectivity index (χ1n) is 2.51. The van der Waals surface area contributed by atoms with Gasteiger partial charge in [0.2, 0.25) is 6.29 Å². The summed E-state index contributed by atoms with van der Waals surface area (Å²) in [4.78, 5) is 10.8. The van der Waals surface area contributed by atoms with Crippen LogP contribution in [0.1, 0.15) is 4.88 Å². The summed E-state index contributed by atoms with van der Waals surface area (Å²) in [6, 6.07) is 3.88. The molecule has 0 saturated heterocycles. The molecule has 0 amide bonds. The van der Waals surface area contributed by atoms with Crippen LogP contribution in [0.3, 0.4) is 0 Å². The lowest BCUT2D eigenvalue weighted by molar-refractivity contribution is 0.564. The van der Waals surface area contributed by atoms with Crippen LogP contribution in [-0.2, 0) is 4.79 Å². The summed E-state index contributed by atoms with van der Waals surface area (Å²) >= 11 is 1.60. The van der Waals surface area contributed by atoms with Crippen molar-refractivity contribution >= 4 is 23.7 Å². The Labute approximate surface area is 57.6 Å². The number of allylic oxidation sites excluding steroid dienone is 1. The molecule has 0 aromatic carbocycles. The average Bonchev–Trinajstić information content (AvgIpc) is 2.34. The van der Waals surface area contributed by atoms with Crippen LogP contribution in [0.5, 0.6) is 0 Å². The highest BCUT2D eigenvalue weighted by molar-refractivity contribution is 7.10. The Bertz CT molecular complexity index is 199. The van der Waals surface area contributed by atoms with E-state index in [-0.39, 0.29) is 0 Å². The zero-order valence-electron chi connectivity index (χ0n) is 4.70. The molecule has 0 aliphatic heterocycles.